The van der Waals surface area contributed by atoms with E-state index in [1.165, 1.54) is 7.11 Å². The number of amides is 2. The molecule has 1 heterocycles. The zero-order valence-electron chi connectivity index (χ0n) is 15.5. The maximum atomic E-state index is 12.3. The highest BCUT2D eigenvalue weighted by atomic mass is 16.5. The molecule has 2 atom stereocenters. The summed E-state index contributed by atoms with van der Waals surface area (Å²) in [4.78, 5) is 37.9. The summed E-state index contributed by atoms with van der Waals surface area (Å²) in [6.07, 6.45) is 3.02. The third kappa shape index (κ3) is 5.21. The quantitative estimate of drug-likeness (QED) is 0.780. The minimum Gasteiger partial charge on any atom is -0.497 e. The maximum Gasteiger partial charge on any atom is 0.325 e. The molecule has 0 aliphatic carbocycles. The number of rotatable bonds is 6. The van der Waals surface area contributed by atoms with Crippen molar-refractivity contribution in [1.82, 2.24) is 10.2 Å². The lowest BCUT2D eigenvalue weighted by Gasteiger charge is -2.38. The van der Waals surface area contributed by atoms with Crippen LogP contribution in [0.3, 0.4) is 0 Å². The minimum absolute atomic E-state index is 0.151. The molecule has 1 fully saturated rings. The van der Waals surface area contributed by atoms with E-state index in [2.05, 4.69) is 5.32 Å². The fourth-order valence-corrected chi connectivity index (χ4v) is 3.20. The van der Waals surface area contributed by atoms with Gasteiger partial charge in [0.1, 0.15) is 12.3 Å². The Morgan fingerprint density at radius 2 is 1.88 bits per heavy atom. The highest BCUT2D eigenvalue weighted by Crippen LogP contribution is 2.22. The monoisotopic (exact) mass is 362 g/mol. The fourth-order valence-electron chi connectivity index (χ4n) is 3.20. The van der Waals surface area contributed by atoms with Crippen LogP contribution in [0.5, 0.6) is 5.75 Å². The van der Waals surface area contributed by atoms with Gasteiger partial charge in [-0.3, -0.25) is 14.4 Å². The number of carbonyl (C=O) groups excluding carboxylic acids is 3. The van der Waals surface area contributed by atoms with Gasteiger partial charge in [-0.05, 0) is 51.3 Å². The Morgan fingerprint density at radius 3 is 2.54 bits per heavy atom. The molecule has 1 aromatic rings. The second-order valence-electron chi connectivity index (χ2n) is 6.51. The van der Waals surface area contributed by atoms with Gasteiger partial charge in [-0.25, -0.2) is 0 Å². The fraction of sp³-hybridized carbons (Fsp3) is 0.526. The van der Waals surface area contributed by atoms with Crippen LogP contribution in [-0.4, -0.2) is 55.0 Å². The Kier molecular flexibility index (Phi) is 7.00. The van der Waals surface area contributed by atoms with Crippen LogP contribution >= 0.6 is 0 Å². The number of likely N-dealkylation sites (tertiary alicyclic amines) is 1. The molecule has 142 valence electrons. The van der Waals surface area contributed by atoms with Gasteiger partial charge in [-0.1, -0.05) is 6.07 Å². The van der Waals surface area contributed by atoms with Crippen LogP contribution in [0, 0.1) is 0 Å². The summed E-state index contributed by atoms with van der Waals surface area (Å²) in [6, 6.07) is 6.90. The molecule has 0 radical (unpaired) electrons. The summed E-state index contributed by atoms with van der Waals surface area (Å²) in [5, 5.41) is 2.48. The summed E-state index contributed by atoms with van der Waals surface area (Å²) >= 11 is 0. The normalized spacial score (nSPS) is 19.6. The number of esters is 1. The number of nitrogens with one attached hydrogen (secondary N) is 1. The van der Waals surface area contributed by atoms with E-state index >= 15 is 0 Å². The lowest BCUT2D eigenvalue weighted by atomic mass is 9.97. The molecule has 1 aliphatic rings. The van der Waals surface area contributed by atoms with Gasteiger partial charge < -0.3 is 19.7 Å². The smallest absolute Gasteiger partial charge is 0.325 e. The Bertz CT molecular complexity index is 651. The zero-order chi connectivity index (χ0) is 19.1. The summed E-state index contributed by atoms with van der Waals surface area (Å²) in [5.74, 6) is -0.704. The molecule has 2 amide bonds. The van der Waals surface area contributed by atoms with E-state index in [0.29, 0.717) is 11.3 Å². The molecule has 0 spiro atoms. The summed E-state index contributed by atoms with van der Waals surface area (Å²) in [5.41, 5.74) is 0.379. The second kappa shape index (κ2) is 9.22. The van der Waals surface area contributed by atoms with Crippen molar-refractivity contribution >= 4 is 17.8 Å². The molecule has 7 nitrogen and oxygen atoms in total. The first-order valence-electron chi connectivity index (χ1n) is 8.81. The second-order valence-corrected chi connectivity index (χ2v) is 6.51. The number of nitrogens with zero attached hydrogens (tertiary/aromatic N) is 1. The Hall–Kier alpha value is -2.57. The predicted molar refractivity (Wildman–Crippen MR) is 95.9 cm³/mol. The van der Waals surface area contributed by atoms with Crippen LogP contribution in [0.4, 0.5) is 0 Å². The van der Waals surface area contributed by atoms with E-state index in [4.69, 9.17) is 9.47 Å². The van der Waals surface area contributed by atoms with Crippen LogP contribution in [0.25, 0.3) is 0 Å². The minimum atomic E-state index is -0.646. The molecule has 1 saturated heterocycles. The number of methoxy groups -OCH3 is 1. The van der Waals surface area contributed by atoms with E-state index in [1.807, 2.05) is 13.8 Å². The van der Waals surface area contributed by atoms with Crippen LogP contribution in [0.1, 0.15) is 43.5 Å². The van der Waals surface area contributed by atoms with Gasteiger partial charge >= 0.3 is 5.97 Å². The van der Waals surface area contributed by atoms with Crippen molar-refractivity contribution in [3.05, 3.63) is 29.8 Å². The predicted octanol–water partition coefficient (Wildman–Crippen LogP) is 1.76. The van der Waals surface area contributed by atoms with E-state index in [0.717, 1.165) is 19.3 Å². The van der Waals surface area contributed by atoms with E-state index in [9.17, 15) is 14.4 Å². The number of piperidine rings is 1. The van der Waals surface area contributed by atoms with Gasteiger partial charge in [0.25, 0.3) is 11.8 Å². The molecule has 0 bridgehead atoms. The van der Waals surface area contributed by atoms with Crippen molar-refractivity contribution in [2.45, 2.75) is 45.2 Å². The molecular weight excluding hydrogens is 336 g/mol. The van der Waals surface area contributed by atoms with Crippen LogP contribution in [0.15, 0.2) is 24.3 Å². The largest absolute Gasteiger partial charge is 0.497 e. The number of hydrogen-bond donors (Lipinski definition) is 1. The average molecular weight is 362 g/mol. The van der Waals surface area contributed by atoms with Crippen LogP contribution in [-0.2, 0) is 14.3 Å². The SMILES string of the molecule is COc1cccc(C(=O)NCC(=O)OCC(=O)N2C(C)CCCC2C)c1. The first kappa shape index (κ1) is 19.8. The lowest BCUT2D eigenvalue weighted by molar-refractivity contribution is -0.154. The summed E-state index contributed by atoms with van der Waals surface area (Å²) < 4.78 is 10.1. The first-order valence-corrected chi connectivity index (χ1v) is 8.81. The molecule has 26 heavy (non-hydrogen) atoms. The van der Waals surface area contributed by atoms with Crippen molar-refractivity contribution in [3.63, 3.8) is 0 Å². The van der Waals surface area contributed by atoms with Gasteiger partial charge in [-0.15, -0.1) is 0 Å². The zero-order valence-corrected chi connectivity index (χ0v) is 15.5. The van der Waals surface area contributed by atoms with Gasteiger partial charge in [0.05, 0.1) is 7.11 Å². The van der Waals surface area contributed by atoms with Gasteiger partial charge in [0.15, 0.2) is 6.61 Å². The maximum absolute atomic E-state index is 12.3. The van der Waals surface area contributed by atoms with Crippen molar-refractivity contribution in [2.75, 3.05) is 20.3 Å². The first-order chi connectivity index (χ1) is 12.4. The molecule has 0 aromatic heterocycles. The molecule has 7 heteroatoms. The number of ether oxygens (including phenoxy) is 2. The van der Waals surface area contributed by atoms with E-state index < -0.39 is 11.9 Å². The highest BCUT2D eigenvalue weighted by molar-refractivity contribution is 5.96. The molecule has 2 rings (SSSR count). The molecule has 0 saturated carbocycles. The Labute approximate surface area is 153 Å². The number of hydrogen-bond acceptors (Lipinski definition) is 5. The Morgan fingerprint density at radius 1 is 1.19 bits per heavy atom. The van der Waals surface area contributed by atoms with Crippen molar-refractivity contribution in [1.29, 1.82) is 0 Å². The standard InChI is InChI=1S/C19H26N2O5/c1-13-6-4-7-14(2)21(13)17(22)12-26-18(23)11-20-19(24)15-8-5-9-16(10-15)25-3/h5,8-10,13-14H,4,6-7,11-12H2,1-3H3,(H,20,24). The van der Waals surface area contributed by atoms with E-state index in [1.54, 1.807) is 29.2 Å². The van der Waals surface area contributed by atoms with Gasteiger partial charge in [-0.2, -0.15) is 0 Å². The Balaban J connectivity index is 1.77. The van der Waals surface area contributed by atoms with Gasteiger partial charge in [0, 0.05) is 17.6 Å². The molecule has 1 aromatic carbocycles. The molecule has 2 unspecified atom stereocenters. The summed E-state index contributed by atoms with van der Waals surface area (Å²) in [6.45, 7) is 3.41. The molecular formula is C19H26N2O5. The van der Waals surface area contributed by atoms with Crippen molar-refractivity contribution in [2.24, 2.45) is 0 Å². The molecule has 1 N–H and O–H groups in total. The lowest BCUT2D eigenvalue weighted by Crippen LogP contribution is -2.49. The summed E-state index contributed by atoms with van der Waals surface area (Å²) in [7, 11) is 1.51. The highest BCUT2D eigenvalue weighted by Gasteiger charge is 2.29. The van der Waals surface area contributed by atoms with Crippen LogP contribution < -0.4 is 10.1 Å². The van der Waals surface area contributed by atoms with Crippen molar-refractivity contribution in [3.8, 4) is 5.75 Å². The van der Waals surface area contributed by atoms with Crippen molar-refractivity contribution < 1.29 is 23.9 Å². The average Bonchev–Trinajstić information content (AvgIpc) is 2.64. The third-order valence-corrected chi connectivity index (χ3v) is 4.56. The molecule has 1 aliphatic heterocycles. The number of carbonyl (C=O) groups is 3. The number of benzene rings is 1. The van der Waals surface area contributed by atoms with Gasteiger partial charge in [0.2, 0.25) is 0 Å². The van der Waals surface area contributed by atoms with Crippen LogP contribution in [0.2, 0.25) is 0 Å². The third-order valence-electron chi connectivity index (χ3n) is 4.56. The topological polar surface area (TPSA) is 84.9 Å². The van der Waals surface area contributed by atoms with E-state index in [-0.39, 0.29) is 31.1 Å².